The van der Waals surface area contributed by atoms with Gasteiger partial charge in [-0.25, -0.2) is 0 Å². The summed E-state index contributed by atoms with van der Waals surface area (Å²) in [4.78, 5) is 27.1. The van der Waals surface area contributed by atoms with E-state index in [1.165, 1.54) is 30.7 Å². The van der Waals surface area contributed by atoms with Crippen LogP contribution in [0, 0.1) is 0 Å². The molecule has 8 nitrogen and oxygen atoms in total. The van der Waals surface area contributed by atoms with Gasteiger partial charge in [0, 0.05) is 17.7 Å². The summed E-state index contributed by atoms with van der Waals surface area (Å²) in [5.74, 6) is -7.05. The summed E-state index contributed by atoms with van der Waals surface area (Å²) >= 11 is 0. The zero-order valence-electron chi connectivity index (χ0n) is 15.6. The number of Topliss-reactive ketones (excluding diaryl/α,β-unsaturated/α-hetero) is 1. The largest absolute Gasteiger partial charge is 0.472 e. The van der Waals surface area contributed by atoms with Gasteiger partial charge in [-0.1, -0.05) is 37.6 Å². The molecule has 1 amide bonds. The maximum absolute atomic E-state index is 13.1. The van der Waals surface area contributed by atoms with E-state index in [9.17, 15) is 24.9 Å². The van der Waals surface area contributed by atoms with Crippen molar-refractivity contribution in [1.82, 2.24) is 4.90 Å². The summed E-state index contributed by atoms with van der Waals surface area (Å²) < 4.78 is 11.0. The molecule has 3 N–H and O–H groups in total. The van der Waals surface area contributed by atoms with E-state index >= 15 is 0 Å². The third-order valence-corrected chi connectivity index (χ3v) is 6.09. The standard InChI is InChI=1S/C21H19NO7/c1-2-3-9-22-18(24)16(23)15-17(12-8-10-28-11-12)29-21(27)14-7-5-4-6-13(14)20(25,26)19(15,21)22/h4-8,10-11,25-27H,2-3,9H2,1H3/t19-,21-/m1/s1. The van der Waals surface area contributed by atoms with E-state index in [1.807, 2.05) is 6.92 Å². The van der Waals surface area contributed by atoms with Crippen LogP contribution in [-0.2, 0) is 25.9 Å². The molecule has 1 spiro atoms. The predicted octanol–water partition coefficient (Wildman–Crippen LogP) is 0.967. The molecule has 5 rings (SSSR count). The average molecular weight is 397 g/mol. The first-order valence-corrected chi connectivity index (χ1v) is 9.42. The molecule has 1 aromatic carbocycles. The van der Waals surface area contributed by atoms with Crippen LogP contribution in [0.2, 0.25) is 0 Å². The molecule has 8 heteroatoms. The van der Waals surface area contributed by atoms with Crippen LogP contribution in [0.3, 0.4) is 0 Å². The third-order valence-electron chi connectivity index (χ3n) is 6.09. The van der Waals surface area contributed by atoms with Crippen LogP contribution in [0.1, 0.15) is 36.5 Å². The molecule has 1 aromatic heterocycles. The zero-order valence-corrected chi connectivity index (χ0v) is 15.6. The van der Waals surface area contributed by atoms with Gasteiger partial charge in [-0.2, -0.15) is 0 Å². The minimum absolute atomic E-state index is 0.0183. The number of fused-ring (bicyclic) bond motifs is 2. The molecule has 0 saturated carbocycles. The van der Waals surface area contributed by atoms with Crippen molar-refractivity contribution in [2.24, 2.45) is 0 Å². The van der Waals surface area contributed by atoms with Gasteiger partial charge in [0.2, 0.25) is 11.3 Å². The van der Waals surface area contributed by atoms with Gasteiger partial charge in [0.25, 0.3) is 17.5 Å². The Bertz CT molecular complexity index is 1070. The van der Waals surface area contributed by atoms with E-state index in [2.05, 4.69) is 0 Å². The highest BCUT2D eigenvalue weighted by Crippen LogP contribution is 2.67. The van der Waals surface area contributed by atoms with Gasteiger partial charge in [-0.3, -0.25) is 9.59 Å². The van der Waals surface area contributed by atoms with Crippen molar-refractivity contribution < 1.29 is 34.1 Å². The van der Waals surface area contributed by atoms with E-state index in [4.69, 9.17) is 9.15 Å². The summed E-state index contributed by atoms with van der Waals surface area (Å²) in [6, 6.07) is 7.63. The molecule has 1 fully saturated rings. The van der Waals surface area contributed by atoms with Crippen LogP contribution in [0.25, 0.3) is 5.76 Å². The van der Waals surface area contributed by atoms with Gasteiger partial charge in [0.05, 0.1) is 17.4 Å². The number of unbranched alkanes of at least 4 members (excludes halogenated alkanes) is 1. The maximum Gasteiger partial charge on any atom is 0.296 e. The summed E-state index contributed by atoms with van der Waals surface area (Å²) in [5.41, 5.74) is -2.11. The number of furan rings is 1. The minimum atomic E-state index is -2.76. The second-order valence-electron chi connectivity index (χ2n) is 7.53. The number of benzene rings is 1. The second-order valence-corrected chi connectivity index (χ2v) is 7.53. The monoisotopic (exact) mass is 397 g/mol. The fourth-order valence-electron chi connectivity index (χ4n) is 4.88. The Kier molecular flexibility index (Phi) is 3.48. The Morgan fingerprint density at radius 1 is 1.07 bits per heavy atom. The highest BCUT2D eigenvalue weighted by atomic mass is 16.6. The second kappa shape index (κ2) is 5.56. The fourth-order valence-corrected chi connectivity index (χ4v) is 4.88. The Morgan fingerprint density at radius 2 is 1.79 bits per heavy atom. The van der Waals surface area contributed by atoms with Gasteiger partial charge >= 0.3 is 0 Å². The highest BCUT2D eigenvalue weighted by molar-refractivity contribution is 6.48. The number of aliphatic hydroxyl groups is 3. The smallest absolute Gasteiger partial charge is 0.296 e. The molecule has 0 radical (unpaired) electrons. The van der Waals surface area contributed by atoms with Crippen LogP contribution in [0.15, 0.2) is 52.8 Å². The lowest BCUT2D eigenvalue weighted by Crippen LogP contribution is -2.66. The Balaban J connectivity index is 1.88. The molecule has 2 aliphatic heterocycles. The summed E-state index contributed by atoms with van der Waals surface area (Å²) in [7, 11) is 0. The molecule has 3 aliphatic rings. The molecule has 0 bridgehead atoms. The van der Waals surface area contributed by atoms with Gasteiger partial charge < -0.3 is 29.4 Å². The average Bonchev–Trinajstić information content (AvgIpc) is 3.40. The quantitative estimate of drug-likeness (QED) is 0.519. The molecule has 2 atom stereocenters. The topological polar surface area (TPSA) is 120 Å². The lowest BCUT2D eigenvalue weighted by atomic mass is 9.79. The normalized spacial score (nSPS) is 29.2. The van der Waals surface area contributed by atoms with Gasteiger partial charge in [0.15, 0.2) is 0 Å². The number of rotatable bonds is 4. The van der Waals surface area contributed by atoms with E-state index in [-0.39, 0.29) is 29.0 Å². The zero-order chi connectivity index (χ0) is 20.6. The third kappa shape index (κ3) is 1.80. The molecule has 150 valence electrons. The number of ketones is 1. The summed E-state index contributed by atoms with van der Waals surface area (Å²) in [6.07, 6.45) is 3.84. The molecule has 29 heavy (non-hydrogen) atoms. The highest BCUT2D eigenvalue weighted by Gasteiger charge is 2.85. The molecular weight excluding hydrogens is 378 g/mol. The molecule has 2 aromatic rings. The first-order chi connectivity index (χ1) is 13.8. The van der Waals surface area contributed by atoms with Crippen LogP contribution < -0.4 is 0 Å². The van der Waals surface area contributed by atoms with Gasteiger partial charge in [-0.15, -0.1) is 0 Å². The Labute approximate surface area is 165 Å². The maximum atomic E-state index is 13.1. The van der Waals surface area contributed by atoms with Gasteiger partial charge in [-0.05, 0) is 12.5 Å². The fraction of sp³-hybridized carbons (Fsp3) is 0.333. The van der Waals surface area contributed by atoms with Crippen molar-refractivity contribution >= 4 is 17.4 Å². The lowest BCUT2D eigenvalue weighted by Gasteiger charge is -2.45. The van der Waals surface area contributed by atoms with Crippen LogP contribution in [0.4, 0.5) is 0 Å². The number of carbonyl (C=O) groups is 2. The van der Waals surface area contributed by atoms with E-state index in [0.717, 1.165) is 4.90 Å². The van der Waals surface area contributed by atoms with E-state index < -0.39 is 28.8 Å². The van der Waals surface area contributed by atoms with Crippen molar-refractivity contribution in [3.05, 3.63) is 65.1 Å². The minimum Gasteiger partial charge on any atom is -0.472 e. The Hall–Kier alpha value is -2.94. The molecule has 0 unspecified atom stereocenters. The number of likely N-dealkylation sites (tertiary alicyclic amines) is 1. The van der Waals surface area contributed by atoms with Crippen LogP contribution >= 0.6 is 0 Å². The molecule has 1 saturated heterocycles. The van der Waals surface area contributed by atoms with Crippen molar-refractivity contribution in [1.29, 1.82) is 0 Å². The number of amides is 1. The SMILES string of the molecule is CCCCN1C(=O)C(=O)C2=C(c3ccoc3)O[C@]3(O)c4ccccc4C(O)(O)[C@@]213. The van der Waals surface area contributed by atoms with Crippen molar-refractivity contribution in [2.75, 3.05) is 6.54 Å². The number of hydrogen-bond donors (Lipinski definition) is 3. The molecule has 1 aliphatic carbocycles. The summed E-state index contributed by atoms with van der Waals surface area (Å²) in [5, 5.41) is 34.5. The van der Waals surface area contributed by atoms with Crippen molar-refractivity contribution in [3.8, 4) is 0 Å². The number of carbonyl (C=O) groups excluding carboxylic acids is 2. The number of hydrogen-bond acceptors (Lipinski definition) is 7. The first-order valence-electron chi connectivity index (χ1n) is 9.42. The number of ether oxygens (including phenoxy) is 1. The van der Waals surface area contributed by atoms with E-state index in [0.29, 0.717) is 18.4 Å². The van der Waals surface area contributed by atoms with Crippen LogP contribution in [0.5, 0.6) is 0 Å². The lowest BCUT2D eigenvalue weighted by molar-refractivity contribution is -0.312. The van der Waals surface area contributed by atoms with Crippen molar-refractivity contribution in [3.63, 3.8) is 0 Å². The Morgan fingerprint density at radius 3 is 2.45 bits per heavy atom. The van der Waals surface area contributed by atoms with Crippen molar-refractivity contribution in [2.45, 2.75) is 36.9 Å². The molecular formula is C21H19NO7. The van der Waals surface area contributed by atoms with Gasteiger partial charge in [0.1, 0.15) is 12.0 Å². The molecule has 3 heterocycles. The predicted molar refractivity (Wildman–Crippen MR) is 97.5 cm³/mol. The summed E-state index contributed by atoms with van der Waals surface area (Å²) in [6.45, 7) is 1.95. The first kappa shape index (κ1) is 18.1. The van der Waals surface area contributed by atoms with Crippen LogP contribution in [-0.4, -0.2) is 44.0 Å². The number of nitrogens with zero attached hydrogens (tertiary/aromatic N) is 1. The van der Waals surface area contributed by atoms with E-state index in [1.54, 1.807) is 12.1 Å².